The highest BCUT2D eigenvalue weighted by atomic mass is 32.2. The lowest BCUT2D eigenvalue weighted by molar-refractivity contribution is -0.121. The molecule has 1 aromatic carbocycles. The monoisotopic (exact) mass is 325 g/mol. The van der Waals surface area contributed by atoms with Crippen molar-refractivity contribution < 1.29 is 21.6 Å². The summed E-state index contributed by atoms with van der Waals surface area (Å²) in [6.07, 6.45) is -4.60. The van der Waals surface area contributed by atoms with Crippen molar-refractivity contribution in [3.8, 4) is 0 Å². The topological polar surface area (TPSA) is 75.4 Å². The summed E-state index contributed by atoms with van der Waals surface area (Å²) in [5.41, 5.74) is 6.66. The van der Waals surface area contributed by atoms with E-state index in [-0.39, 0.29) is 6.54 Å². The van der Waals surface area contributed by atoms with Gasteiger partial charge >= 0.3 is 6.18 Å². The zero-order valence-corrected chi connectivity index (χ0v) is 12.5. The Labute approximate surface area is 122 Å². The zero-order chi connectivity index (χ0) is 16.3. The number of benzene rings is 1. The molecule has 21 heavy (non-hydrogen) atoms. The summed E-state index contributed by atoms with van der Waals surface area (Å²) < 4.78 is 63.0. The Hall–Kier alpha value is -1.32. The van der Waals surface area contributed by atoms with Crippen molar-refractivity contribution in [3.63, 3.8) is 0 Å². The minimum atomic E-state index is -4.60. The number of anilines is 1. The van der Waals surface area contributed by atoms with Crippen LogP contribution in [0.3, 0.4) is 0 Å². The van der Waals surface area contributed by atoms with Gasteiger partial charge in [-0.25, -0.2) is 0 Å². The van der Waals surface area contributed by atoms with Gasteiger partial charge in [-0.2, -0.15) is 30.6 Å². The first-order valence-electron chi connectivity index (χ1n) is 6.19. The Bertz CT molecular complexity index is 573. The molecule has 0 heterocycles. The Morgan fingerprint density at radius 2 is 1.95 bits per heavy atom. The number of alkyl halides is 3. The molecule has 0 aromatic heterocycles. The van der Waals surface area contributed by atoms with Crippen LogP contribution in [0.4, 0.5) is 18.9 Å². The average Bonchev–Trinajstić information content (AvgIpc) is 2.32. The maximum absolute atomic E-state index is 12.2. The first-order chi connectivity index (χ1) is 9.51. The van der Waals surface area contributed by atoms with Gasteiger partial charge in [-0.05, 0) is 31.5 Å². The molecular weight excluding hydrogens is 307 g/mol. The van der Waals surface area contributed by atoms with Crippen LogP contribution >= 0.6 is 0 Å². The van der Waals surface area contributed by atoms with Gasteiger partial charge in [-0.3, -0.25) is 0 Å². The number of nitrogen functional groups attached to an aromatic ring is 1. The van der Waals surface area contributed by atoms with Crippen LogP contribution in [0.1, 0.15) is 19.4 Å². The van der Waals surface area contributed by atoms with Crippen LogP contribution in [-0.2, 0) is 16.8 Å². The fraction of sp³-hybridized carbons (Fsp3) is 0.500. The third-order valence-electron chi connectivity index (χ3n) is 2.63. The van der Waals surface area contributed by atoms with Crippen molar-refractivity contribution >= 4 is 15.9 Å². The van der Waals surface area contributed by atoms with E-state index in [9.17, 15) is 21.6 Å². The first kappa shape index (κ1) is 17.7. The van der Waals surface area contributed by atoms with Crippen molar-refractivity contribution in [2.45, 2.75) is 32.6 Å². The molecular formula is C12H18F3N3O2S. The fourth-order valence-corrected chi connectivity index (χ4v) is 3.06. The predicted molar refractivity (Wildman–Crippen MR) is 74.5 cm³/mol. The summed E-state index contributed by atoms with van der Waals surface area (Å²) in [7, 11) is -4.24. The fourth-order valence-electron chi connectivity index (χ4n) is 1.67. The standard InChI is InChI=1S/C12H18F3N3O2S/c1-9(2)18(7-10-4-3-5-11(16)6-10)21(19,20)17-8-12(13,14)15/h3-6,9,17H,7-8,16H2,1-2H3. The van der Waals surface area contributed by atoms with E-state index in [1.54, 1.807) is 42.8 Å². The first-order valence-corrected chi connectivity index (χ1v) is 7.63. The predicted octanol–water partition coefficient (Wildman–Crippen LogP) is 1.88. The summed E-state index contributed by atoms with van der Waals surface area (Å²) in [6, 6.07) is 6.02. The highest BCUT2D eigenvalue weighted by molar-refractivity contribution is 7.87. The van der Waals surface area contributed by atoms with E-state index < -0.39 is 29.0 Å². The van der Waals surface area contributed by atoms with E-state index in [2.05, 4.69) is 0 Å². The van der Waals surface area contributed by atoms with E-state index in [1.807, 2.05) is 0 Å². The van der Waals surface area contributed by atoms with Gasteiger partial charge in [0.05, 0.1) is 0 Å². The van der Waals surface area contributed by atoms with E-state index in [1.165, 1.54) is 0 Å². The molecule has 0 radical (unpaired) electrons. The van der Waals surface area contributed by atoms with Crippen molar-refractivity contribution in [1.29, 1.82) is 0 Å². The quantitative estimate of drug-likeness (QED) is 0.784. The van der Waals surface area contributed by atoms with Gasteiger partial charge < -0.3 is 5.73 Å². The number of nitrogens with two attached hydrogens (primary N) is 1. The molecule has 0 bridgehead atoms. The van der Waals surface area contributed by atoms with Crippen molar-refractivity contribution in [2.75, 3.05) is 12.3 Å². The van der Waals surface area contributed by atoms with E-state index >= 15 is 0 Å². The molecule has 0 saturated carbocycles. The molecule has 0 aliphatic rings. The van der Waals surface area contributed by atoms with Crippen LogP contribution in [0.5, 0.6) is 0 Å². The van der Waals surface area contributed by atoms with Crippen LogP contribution in [0.2, 0.25) is 0 Å². The SMILES string of the molecule is CC(C)N(Cc1cccc(N)c1)S(=O)(=O)NCC(F)(F)F. The van der Waals surface area contributed by atoms with Gasteiger partial charge in [-0.15, -0.1) is 0 Å². The lowest BCUT2D eigenvalue weighted by Crippen LogP contribution is -2.46. The van der Waals surface area contributed by atoms with E-state index in [0.717, 1.165) is 4.31 Å². The molecule has 5 nitrogen and oxygen atoms in total. The van der Waals surface area contributed by atoms with E-state index in [4.69, 9.17) is 5.73 Å². The van der Waals surface area contributed by atoms with Crippen LogP contribution < -0.4 is 10.5 Å². The van der Waals surface area contributed by atoms with Gasteiger partial charge in [0.2, 0.25) is 0 Å². The zero-order valence-electron chi connectivity index (χ0n) is 11.7. The van der Waals surface area contributed by atoms with Gasteiger partial charge in [0.1, 0.15) is 6.54 Å². The lowest BCUT2D eigenvalue weighted by Gasteiger charge is -2.26. The van der Waals surface area contributed by atoms with Gasteiger partial charge in [-0.1, -0.05) is 12.1 Å². The third kappa shape index (κ3) is 5.90. The number of rotatable bonds is 6. The maximum Gasteiger partial charge on any atom is 0.402 e. The minimum absolute atomic E-state index is 0.0596. The van der Waals surface area contributed by atoms with Crippen molar-refractivity contribution in [2.24, 2.45) is 0 Å². The van der Waals surface area contributed by atoms with Crippen LogP contribution in [0, 0.1) is 0 Å². The molecule has 0 aliphatic carbocycles. The molecule has 0 spiro atoms. The van der Waals surface area contributed by atoms with Crippen LogP contribution in [-0.4, -0.2) is 31.5 Å². The minimum Gasteiger partial charge on any atom is -0.399 e. The Morgan fingerprint density at radius 1 is 1.33 bits per heavy atom. The molecule has 9 heteroatoms. The normalized spacial score (nSPS) is 13.1. The van der Waals surface area contributed by atoms with Crippen molar-refractivity contribution in [1.82, 2.24) is 9.03 Å². The number of hydrogen-bond donors (Lipinski definition) is 2. The number of nitrogens with one attached hydrogen (secondary N) is 1. The second-order valence-electron chi connectivity index (χ2n) is 4.83. The lowest BCUT2D eigenvalue weighted by atomic mass is 10.2. The number of nitrogens with zero attached hydrogens (tertiary/aromatic N) is 1. The van der Waals surface area contributed by atoms with Crippen LogP contribution in [0.25, 0.3) is 0 Å². The number of halogens is 3. The van der Waals surface area contributed by atoms with E-state index in [0.29, 0.717) is 11.3 Å². The Kier molecular flexibility index (Phi) is 5.60. The Morgan fingerprint density at radius 3 is 2.43 bits per heavy atom. The van der Waals surface area contributed by atoms with Crippen LogP contribution in [0.15, 0.2) is 24.3 Å². The number of hydrogen-bond acceptors (Lipinski definition) is 3. The molecule has 3 N–H and O–H groups in total. The summed E-state index contributed by atoms with van der Waals surface area (Å²) >= 11 is 0. The molecule has 1 aromatic rings. The smallest absolute Gasteiger partial charge is 0.399 e. The molecule has 0 amide bonds. The molecule has 120 valence electrons. The van der Waals surface area contributed by atoms with Gasteiger partial charge in [0, 0.05) is 18.3 Å². The molecule has 1 rings (SSSR count). The Balaban J connectivity index is 2.91. The van der Waals surface area contributed by atoms with Gasteiger partial charge in [0.25, 0.3) is 10.2 Å². The summed E-state index contributed by atoms with van der Waals surface area (Å²) in [6.45, 7) is 1.50. The van der Waals surface area contributed by atoms with Crippen molar-refractivity contribution in [3.05, 3.63) is 29.8 Å². The van der Waals surface area contributed by atoms with Gasteiger partial charge in [0.15, 0.2) is 0 Å². The highest BCUT2D eigenvalue weighted by Gasteiger charge is 2.32. The summed E-state index contributed by atoms with van der Waals surface area (Å²) in [4.78, 5) is 0. The average molecular weight is 325 g/mol. The summed E-state index contributed by atoms with van der Waals surface area (Å²) in [5.74, 6) is 0. The summed E-state index contributed by atoms with van der Waals surface area (Å²) in [5, 5.41) is 0. The second kappa shape index (κ2) is 6.63. The third-order valence-corrected chi connectivity index (χ3v) is 4.31. The largest absolute Gasteiger partial charge is 0.402 e. The molecule has 0 saturated heterocycles. The molecule has 0 unspecified atom stereocenters. The maximum atomic E-state index is 12.2. The molecule has 0 fully saturated rings. The molecule has 0 aliphatic heterocycles. The molecule has 0 atom stereocenters. The highest BCUT2D eigenvalue weighted by Crippen LogP contribution is 2.17. The second-order valence-corrected chi connectivity index (χ2v) is 6.53.